The smallest absolute Gasteiger partial charge is 0.155 e. The van der Waals surface area contributed by atoms with Crippen molar-refractivity contribution in [3.63, 3.8) is 0 Å². The number of carbonyl (C=O) groups excluding carboxylic acids is 1. The maximum Gasteiger partial charge on any atom is 0.155 e. The van der Waals surface area contributed by atoms with Crippen molar-refractivity contribution < 1.29 is 9.53 Å². The van der Waals surface area contributed by atoms with Crippen LogP contribution in [-0.2, 0) is 16.0 Å². The van der Waals surface area contributed by atoms with Gasteiger partial charge in [-0.2, -0.15) is 0 Å². The summed E-state index contributed by atoms with van der Waals surface area (Å²) in [7, 11) is 0. The fourth-order valence-corrected chi connectivity index (χ4v) is 1.60. The lowest BCUT2D eigenvalue weighted by Crippen LogP contribution is -1.97. The van der Waals surface area contributed by atoms with E-state index in [2.05, 4.69) is 0 Å². The standard InChI is InChI=1S/C14H16O2/c1-11-14(16-11)10-9-13(15)8-7-12-5-3-2-4-6-12/h2-6,9-11,14H,7-8H2,1H3/b10-9+/t11-,14-/m1/s1. The lowest BCUT2D eigenvalue weighted by atomic mass is 10.1. The fraction of sp³-hybridized carbons (Fsp3) is 0.357. The average molecular weight is 216 g/mol. The van der Waals surface area contributed by atoms with Crippen LogP contribution in [0.25, 0.3) is 0 Å². The van der Waals surface area contributed by atoms with Crippen molar-refractivity contribution in [3.8, 4) is 0 Å². The zero-order chi connectivity index (χ0) is 11.4. The lowest BCUT2D eigenvalue weighted by Gasteiger charge is -1.97. The number of ketones is 1. The zero-order valence-corrected chi connectivity index (χ0v) is 9.43. The van der Waals surface area contributed by atoms with E-state index < -0.39 is 0 Å². The predicted molar refractivity (Wildman–Crippen MR) is 63.2 cm³/mol. The van der Waals surface area contributed by atoms with Crippen LogP contribution in [0.15, 0.2) is 42.5 Å². The number of rotatable bonds is 5. The van der Waals surface area contributed by atoms with Crippen LogP contribution in [0.2, 0.25) is 0 Å². The van der Waals surface area contributed by atoms with Crippen molar-refractivity contribution in [2.75, 3.05) is 0 Å². The summed E-state index contributed by atoms with van der Waals surface area (Å²) in [4.78, 5) is 11.5. The third-order valence-electron chi connectivity index (χ3n) is 2.73. The van der Waals surface area contributed by atoms with Crippen molar-refractivity contribution >= 4 is 5.78 Å². The summed E-state index contributed by atoms with van der Waals surface area (Å²) < 4.78 is 5.19. The van der Waals surface area contributed by atoms with Crippen molar-refractivity contribution in [1.82, 2.24) is 0 Å². The fourth-order valence-electron chi connectivity index (χ4n) is 1.60. The first-order valence-electron chi connectivity index (χ1n) is 5.66. The monoisotopic (exact) mass is 216 g/mol. The van der Waals surface area contributed by atoms with Crippen LogP contribution in [0.4, 0.5) is 0 Å². The molecule has 2 heteroatoms. The Balaban J connectivity index is 1.74. The summed E-state index contributed by atoms with van der Waals surface area (Å²) in [5.74, 6) is 0.173. The minimum atomic E-state index is 0.167. The third kappa shape index (κ3) is 3.31. The van der Waals surface area contributed by atoms with Crippen LogP contribution < -0.4 is 0 Å². The molecule has 1 aliphatic rings. The van der Waals surface area contributed by atoms with E-state index in [4.69, 9.17) is 4.74 Å². The molecule has 2 atom stereocenters. The molecule has 0 unspecified atom stereocenters. The van der Waals surface area contributed by atoms with E-state index in [1.54, 1.807) is 6.08 Å². The molecule has 0 spiro atoms. The van der Waals surface area contributed by atoms with Gasteiger partial charge in [0.15, 0.2) is 5.78 Å². The number of epoxide rings is 1. The van der Waals surface area contributed by atoms with E-state index in [1.807, 2.05) is 43.3 Å². The molecule has 0 N–H and O–H groups in total. The molecule has 0 bridgehead atoms. The Morgan fingerprint density at radius 3 is 2.69 bits per heavy atom. The molecule has 1 saturated heterocycles. The van der Waals surface area contributed by atoms with Gasteiger partial charge in [0.25, 0.3) is 0 Å². The van der Waals surface area contributed by atoms with Crippen LogP contribution >= 0.6 is 0 Å². The molecule has 0 radical (unpaired) electrons. The summed E-state index contributed by atoms with van der Waals surface area (Å²) in [6.45, 7) is 2.00. The normalized spacial score (nSPS) is 23.6. The molecule has 1 aromatic carbocycles. The highest BCUT2D eigenvalue weighted by atomic mass is 16.6. The van der Waals surface area contributed by atoms with Gasteiger partial charge >= 0.3 is 0 Å². The Kier molecular flexibility index (Phi) is 3.52. The minimum absolute atomic E-state index is 0.167. The van der Waals surface area contributed by atoms with Crippen molar-refractivity contribution in [1.29, 1.82) is 0 Å². The Morgan fingerprint density at radius 2 is 2.06 bits per heavy atom. The average Bonchev–Trinajstić information content (AvgIpc) is 3.01. The van der Waals surface area contributed by atoms with Gasteiger partial charge in [0.1, 0.15) is 6.10 Å². The van der Waals surface area contributed by atoms with E-state index in [0.717, 1.165) is 6.42 Å². The van der Waals surface area contributed by atoms with Crippen molar-refractivity contribution in [2.45, 2.75) is 32.0 Å². The minimum Gasteiger partial charge on any atom is -0.365 e. The Hall–Kier alpha value is -1.41. The van der Waals surface area contributed by atoms with Crippen LogP contribution in [0.3, 0.4) is 0 Å². The lowest BCUT2D eigenvalue weighted by molar-refractivity contribution is -0.114. The second kappa shape index (κ2) is 5.08. The van der Waals surface area contributed by atoms with Gasteiger partial charge in [-0.1, -0.05) is 30.3 Å². The molecule has 2 nitrogen and oxygen atoms in total. The molecule has 0 aromatic heterocycles. The molecule has 84 valence electrons. The summed E-state index contributed by atoms with van der Waals surface area (Å²) in [5.41, 5.74) is 1.21. The SMILES string of the molecule is C[C@H]1O[C@@H]1/C=C/C(=O)CCc1ccccc1. The molecule has 0 saturated carbocycles. The highest BCUT2D eigenvalue weighted by Gasteiger charge is 2.31. The Morgan fingerprint density at radius 1 is 1.38 bits per heavy atom. The molecule has 1 aliphatic heterocycles. The summed E-state index contributed by atoms with van der Waals surface area (Å²) in [6, 6.07) is 10.1. The first-order chi connectivity index (χ1) is 7.75. The van der Waals surface area contributed by atoms with Gasteiger partial charge in [-0.3, -0.25) is 4.79 Å². The molecule has 1 fully saturated rings. The second-order valence-electron chi connectivity index (χ2n) is 4.12. The highest BCUT2D eigenvalue weighted by molar-refractivity contribution is 5.89. The van der Waals surface area contributed by atoms with E-state index in [9.17, 15) is 4.79 Å². The molecule has 1 aromatic rings. The molecule has 16 heavy (non-hydrogen) atoms. The van der Waals surface area contributed by atoms with Gasteiger partial charge in [-0.25, -0.2) is 0 Å². The van der Waals surface area contributed by atoms with Gasteiger partial charge < -0.3 is 4.74 Å². The Bertz CT molecular complexity index is 381. The van der Waals surface area contributed by atoms with Crippen molar-refractivity contribution in [2.24, 2.45) is 0 Å². The van der Waals surface area contributed by atoms with Crippen LogP contribution in [-0.4, -0.2) is 18.0 Å². The van der Waals surface area contributed by atoms with Gasteiger partial charge in [0.05, 0.1) is 6.10 Å². The number of benzene rings is 1. The zero-order valence-electron chi connectivity index (χ0n) is 9.43. The maximum absolute atomic E-state index is 11.5. The van der Waals surface area contributed by atoms with E-state index in [0.29, 0.717) is 6.42 Å². The number of hydrogen-bond donors (Lipinski definition) is 0. The van der Waals surface area contributed by atoms with Gasteiger partial charge in [-0.15, -0.1) is 0 Å². The van der Waals surface area contributed by atoms with Gasteiger partial charge in [0, 0.05) is 6.42 Å². The first kappa shape index (κ1) is 11.1. The highest BCUT2D eigenvalue weighted by Crippen LogP contribution is 2.21. The number of allylic oxidation sites excluding steroid dienone is 1. The molecule has 0 aliphatic carbocycles. The summed E-state index contributed by atoms with van der Waals surface area (Å²) in [6.07, 6.45) is 5.35. The maximum atomic E-state index is 11.5. The quantitative estimate of drug-likeness (QED) is 0.559. The number of ether oxygens (including phenoxy) is 1. The molecular weight excluding hydrogens is 200 g/mol. The topological polar surface area (TPSA) is 29.6 Å². The first-order valence-corrected chi connectivity index (χ1v) is 5.66. The molecular formula is C14H16O2. The van der Waals surface area contributed by atoms with Crippen LogP contribution in [0, 0.1) is 0 Å². The van der Waals surface area contributed by atoms with Crippen LogP contribution in [0.5, 0.6) is 0 Å². The number of hydrogen-bond acceptors (Lipinski definition) is 2. The molecule has 0 amide bonds. The largest absolute Gasteiger partial charge is 0.365 e. The molecule has 2 rings (SSSR count). The summed E-state index contributed by atoms with van der Waals surface area (Å²) in [5, 5.41) is 0. The van der Waals surface area contributed by atoms with Crippen LogP contribution in [0.1, 0.15) is 18.9 Å². The van der Waals surface area contributed by atoms with Gasteiger partial charge in [-0.05, 0) is 31.1 Å². The van der Waals surface area contributed by atoms with E-state index >= 15 is 0 Å². The third-order valence-corrected chi connectivity index (χ3v) is 2.73. The number of carbonyl (C=O) groups is 1. The van der Waals surface area contributed by atoms with E-state index in [-0.39, 0.29) is 18.0 Å². The second-order valence-corrected chi connectivity index (χ2v) is 4.12. The Labute approximate surface area is 95.9 Å². The van der Waals surface area contributed by atoms with Gasteiger partial charge in [0.2, 0.25) is 0 Å². The van der Waals surface area contributed by atoms with E-state index in [1.165, 1.54) is 5.56 Å². The number of aryl methyl sites for hydroxylation is 1. The molecule has 1 heterocycles. The summed E-state index contributed by atoms with van der Waals surface area (Å²) >= 11 is 0. The van der Waals surface area contributed by atoms with Crippen molar-refractivity contribution in [3.05, 3.63) is 48.0 Å². The predicted octanol–water partition coefficient (Wildman–Crippen LogP) is 2.53.